The van der Waals surface area contributed by atoms with Gasteiger partial charge >= 0.3 is 0 Å². The highest BCUT2D eigenvalue weighted by molar-refractivity contribution is 5.53. The van der Waals surface area contributed by atoms with Gasteiger partial charge in [0.25, 0.3) is 5.89 Å². The number of nitrogens with two attached hydrogens (primary N) is 1. The van der Waals surface area contributed by atoms with E-state index in [2.05, 4.69) is 10.2 Å². The first-order valence-electron chi connectivity index (χ1n) is 6.58. The van der Waals surface area contributed by atoms with Crippen molar-refractivity contribution in [3.8, 4) is 17.2 Å². The molecule has 0 fully saturated rings. The molecule has 106 valence electrons. The molecule has 21 heavy (non-hydrogen) atoms. The number of aryl methyl sites for hydroxylation is 1. The van der Waals surface area contributed by atoms with Crippen LogP contribution in [0, 0.1) is 6.92 Å². The number of rotatable bonds is 4. The van der Waals surface area contributed by atoms with Crippen LogP contribution in [-0.4, -0.2) is 10.2 Å². The summed E-state index contributed by atoms with van der Waals surface area (Å²) in [4.78, 5) is 0. The molecule has 5 heteroatoms. The van der Waals surface area contributed by atoms with Crippen LogP contribution in [0.5, 0.6) is 5.75 Å². The molecule has 1 heterocycles. The van der Waals surface area contributed by atoms with E-state index >= 15 is 0 Å². The minimum Gasteiger partial charge on any atom is -0.484 e. The molecule has 0 unspecified atom stereocenters. The molecule has 2 N–H and O–H groups in total. The maximum absolute atomic E-state index is 5.62. The largest absolute Gasteiger partial charge is 0.484 e. The van der Waals surface area contributed by atoms with Gasteiger partial charge in [-0.1, -0.05) is 17.7 Å². The van der Waals surface area contributed by atoms with Gasteiger partial charge in [0.1, 0.15) is 5.75 Å². The van der Waals surface area contributed by atoms with Crippen molar-refractivity contribution in [3.63, 3.8) is 0 Å². The lowest BCUT2D eigenvalue weighted by molar-refractivity contribution is 0.264. The quantitative estimate of drug-likeness (QED) is 0.743. The molecule has 3 aromatic rings. The molecule has 0 saturated carbocycles. The maximum Gasteiger partial charge on any atom is 0.254 e. The molecule has 0 aliphatic rings. The average molecular weight is 281 g/mol. The summed E-state index contributed by atoms with van der Waals surface area (Å²) in [5, 5.41) is 8.03. The summed E-state index contributed by atoms with van der Waals surface area (Å²) < 4.78 is 11.2. The monoisotopic (exact) mass is 281 g/mol. The van der Waals surface area contributed by atoms with Crippen molar-refractivity contribution in [2.24, 2.45) is 0 Å². The number of benzene rings is 2. The molecule has 3 rings (SSSR count). The smallest absolute Gasteiger partial charge is 0.254 e. The topological polar surface area (TPSA) is 74.2 Å². The normalized spacial score (nSPS) is 10.5. The van der Waals surface area contributed by atoms with Crippen LogP contribution in [0.2, 0.25) is 0 Å². The minimum atomic E-state index is 0.225. The highest BCUT2D eigenvalue weighted by Crippen LogP contribution is 2.20. The molecule has 0 spiro atoms. The predicted octanol–water partition coefficient (Wildman–Crippen LogP) is 3.21. The highest BCUT2D eigenvalue weighted by atomic mass is 16.5. The van der Waals surface area contributed by atoms with Gasteiger partial charge in [-0.2, -0.15) is 0 Å². The molecular weight excluding hydrogens is 266 g/mol. The number of hydrogen-bond donors (Lipinski definition) is 1. The van der Waals surface area contributed by atoms with Gasteiger partial charge in [-0.3, -0.25) is 0 Å². The van der Waals surface area contributed by atoms with Crippen molar-refractivity contribution < 1.29 is 9.15 Å². The Bertz CT molecular complexity index is 735. The third-order valence-electron chi connectivity index (χ3n) is 2.97. The predicted molar refractivity (Wildman–Crippen MR) is 79.7 cm³/mol. The van der Waals surface area contributed by atoms with Crippen molar-refractivity contribution in [1.82, 2.24) is 10.2 Å². The van der Waals surface area contributed by atoms with E-state index in [1.165, 1.54) is 0 Å². The van der Waals surface area contributed by atoms with Gasteiger partial charge in [-0.05, 0) is 43.3 Å². The van der Waals surface area contributed by atoms with E-state index in [1.54, 1.807) is 24.3 Å². The first kappa shape index (κ1) is 13.2. The molecule has 0 amide bonds. The zero-order chi connectivity index (χ0) is 14.7. The lowest BCUT2D eigenvalue weighted by Crippen LogP contribution is -1.95. The molecule has 0 aliphatic heterocycles. The Morgan fingerprint density at radius 1 is 1.10 bits per heavy atom. The number of nitrogens with zero attached hydrogens (tertiary/aromatic N) is 2. The van der Waals surface area contributed by atoms with E-state index in [4.69, 9.17) is 14.9 Å². The van der Waals surface area contributed by atoms with Crippen molar-refractivity contribution in [3.05, 3.63) is 60.0 Å². The first-order chi connectivity index (χ1) is 10.2. The van der Waals surface area contributed by atoms with Crippen LogP contribution >= 0.6 is 0 Å². The van der Waals surface area contributed by atoms with Crippen molar-refractivity contribution >= 4 is 5.69 Å². The molecule has 0 aliphatic carbocycles. The van der Waals surface area contributed by atoms with Gasteiger partial charge < -0.3 is 14.9 Å². The standard InChI is InChI=1S/C16H15N3O2/c1-11-3-2-4-12(9-11)16-19-18-15(21-16)10-20-14-7-5-13(17)6-8-14/h2-9H,10,17H2,1H3. The summed E-state index contributed by atoms with van der Waals surface area (Å²) in [7, 11) is 0. The molecule has 5 nitrogen and oxygen atoms in total. The molecular formula is C16H15N3O2. The van der Waals surface area contributed by atoms with Crippen molar-refractivity contribution in [2.45, 2.75) is 13.5 Å². The zero-order valence-corrected chi connectivity index (χ0v) is 11.6. The summed E-state index contributed by atoms with van der Waals surface area (Å²) in [6.07, 6.45) is 0. The van der Waals surface area contributed by atoms with E-state index in [1.807, 2.05) is 31.2 Å². The van der Waals surface area contributed by atoms with E-state index in [-0.39, 0.29) is 6.61 Å². The number of aromatic nitrogens is 2. The van der Waals surface area contributed by atoms with E-state index in [0.29, 0.717) is 23.2 Å². The Labute approximate surface area is 122 Å². The van der Waals surface area contributed by atoms with Crippen LogP contribution < -0.4 is 10.5 Å². The van der Waals surface area contributed by atoms with Crippen LogP contribution in [0.3, 0.4) is 0 Å². The van der Waals surface area contributed by atoms with E-state index in [0.717, 1.165) is 11.1 Å². The van der Waals surface area contributed by atoms with Gasteiger partial charge in [0.2, 0.25) is 5.89 Å². The Morgan fingerprint density at radius 2 is 1.90 bits per heavy atom. The maximum atomic E-state index is 5.62. The minimum absolute atomic E-state index is 0.225. The third kappa shape index (κ3) is 3.20. The second kappa shape index (κ2) is 5.66. The first-order valence-corrected chi connectivity index (χ1v) is 6.58. The Kier molecular flexibility index (Phi) is 3.55. The van der Waals surface area contributed by atoms with Gasteiger partial charge in [0.05, 0.1) is 0 Å². The second-order valence-electron chi connectivity index (χ2n) is 4.73. The summed E-state index contributed by atoms with van der Waals surface area (Å²) in [6.45, 7) is 2.24. The fraction of sp³-hybridized carbons (Fsp3) is 0.125. The van der Waals surface area contributed by atoms with Gasteiger partial charge in [0, 0.05) is 11.3 Å². The Hall–Kier alpha value is -2.82. The number of nitrogen functional groups attached to an aromatic ring is 1. The lowest BCUT2D eigenvalue weighted by Gasteiger charge is -2.02. The van der Waals surface area contributed by atoms with Crippen LogP contribution in [0.1, 0.15) is 11.5 Å². The molecule has 0 atom stereocenters. The molecule has 1 aromatic heterocycles. The summed E-state index contributed by atoms with van der Waals surface area (Å²) in [5.41, 5.74) is 8.36. The van der Waals surface area contributed by atoms with E-state index < -0.39 is 0 Å². The van der Waals surface area contributed by atoms with Crippen LogP contribution in [0.25, 0.3) is 11.5 Å². The SMILES string of the molecule is Cc1cccc(-c2nnc(COc3ccc(N)cc3)o2)c1. The Balaban J connectivity index is 1.69. The molecule has 0 saturated heterocycles. The summed E-state index contributed by atoms with van der Waals surface area (Å²) in [6, 6.07) is 15.1. The van der Waals surface area contributed by atoms with Crippen molar-refractivity contribution in [2.75, 3.05) is 5.73 Å². The fourth-order valence-electron chi connectivity index (χ4n) is 1.92. The number of hydrogen-bond acceptors (Lipinski definition) is 5. The fourth-order valence-corrected chi connectivity index (χ4v) is 1.92. The second-order valence-corrected chi connectivity index (χ2v) is 4.73. The van der Waals surface area contributed by atoms with Gasteiger partial charge in [-0.25, -0.2) is 0 Å². The van der Waals surface area contributed by atoms with Crippen LogP contribution in [0.15, 0.2) is 52.9 Å². The lowest BCUT2D eigenvalue weighted by atomic mass is 10.1. The van der Waals surface area contributed by atoms with E-state index in [9.17, 15) is 0 Å². The number of anilines is 1. The molecule has 0 radical (unpaired) electrons. The van der Waals surface area contributed by atoms with Crippen LogP contribution in [0.4, 0.5) is 5.69 Å². The molecule has 0 bridgehead atoms. The summed E-state index contributed by atoms with van der Waals surface area (Å²) in [5.74, 6) is 1.64. The van der Waals surface area contributed by atoms with Crippen molar-refractivity contribution in [1.29, 1.82) is 0 Å². The van der Waals surface area contributed by atoms with Crippen LogP contribution in [-0.2, 0) is 6.61 Å². The highest BCUT2D eigenvalue weighted by Gasteiger charge is 2.09. The summed E-state index contributed by atoms with van der Waals surface area (Å²) >= 11 is 0. The number of ether oxygens (including phenoxy) is 1. The average Bonchev–Trinajstić information content (AvgIpc) is 2.96. The third-order valence-corrected chi connectivity index (χ3v) is 2.97. The van der Waals surface area contributed by atoms with Gasteiger partial charge in [0.15, 0.2) is 6.61 Å². The zero-order valence-electron chi connectivity index (χ0n) is 11.6. The van der Waals surface area contributed by atoms with Gasteiger partial charge in [-0.15, -0.1) is 10.2 Å². The Morgan fingerprint density at radius 3 is 2.67 bits per heavy atom. The molecule has 2 aromatic carbocycles.